The number of piperazine rings is 1. The summed E-state index contributed by atoms with van der Waals surface area (Å²) in [6, 6.07) is 14.4. The lowest BCUT2D eigenvalue weighted by atomic mass is 10.0. The first kappa shape index (κ1) is 23.9. The molecule has 0 bridgehead atoms. The van der Waals surface area contributed by atoms with E-state index >= 15 is 0 Å². The Kier molecular flexibility index (Phi) is 6.20. The van der Waals surface area contributed by atoms with Crippen molar-refractivity contribution in [1.29, 1.82) is 0 Å². The number of anilines is 1. The number of H-pyrrole nitrogens is 1. The van der Waals surface area contributed by atoms with Gasteiger partial charge in [-0.2, -0.15) is 0 Å². The summed E-state index contributed by atoms with van der Waals surface area (Å²) in [4.78, 5) is 36.7. The van der Waals surface area contributed by atoms with Gasteiger partial charge in [0.15, 0.2) is 0 Å². The van der Waals surface area contributed by atoms with Gasteiger partial charge in [0.25, 0.3) is 5.91 Å². The fourth-order valence-electron chi connectivity index (χ4n) is 4.75. The fourth-order valence-corrected chi connectivity index (χ4v) is 4.75. The standard InChI is InChI=1S/C28H33N5O3/c1-18-15-25-22(26(34)30-18)17-24(31-25)20-9-10-29-23(16-20)19-5-7-21(8-6-19)32-11-13-33(14-12-32)27(35)36-28(2,3)4/h5-10,16-18,31H,11-15H2,1-4H3,(H,30,34). The highest BCUT2D eigenvalue weighted by atomic mass is 16.6. The van der Waals surface area contributed by atoms with Crippen molar-refractivity contribution in [1.82, 2.24) is 20.2 Å². The Labute approximate surface area is 211 Å². The zero-order chi connectivity index (χ0) is 25.4. The number of hydrogen-bond donors (Lipinski definition) is 2. The Morgan fingerprint density at radius 2 is 1.75 bits per heavy atom. The van der Waals surface area contributed by atoms with Crippen LogP contribution in [0.15, 0.2) is 48.7 Å². The van der Waals surface area contributed by atoms with Crippen molar-refractivity contribution in [3.05, 3.63) is 59.9 Å². The van der Waals surface area contributed by atoms with E-state index in [0.29, 0.717) is 13.1 Å². The van der Waals surface area contributed by atoms with Crippen LogP contribution in [0.4, 0.5) is 10.5 Å². The molecule has 0 saturated carbocycles. The van der Waals surface area contributed by atoms with Crippen molar-refractivity contribution in [2.24, 2.45) is 0 Å². The van der Waals surface area contributed by atoms with Gasteiger partial charge in [-0.3, -0.25) is 9.78 Å². The Bertz CT molecular complexity index is 1270. The molecule has 1 saturated heterocycles. The van der Waals surface area contributed by atoms with Gasteiger partial charge in [-0.15, -0.1) is 0 Å². The van der Waals surface area contributed by atoms with Gasteiger partial charge in [-0.05, 0) is 58.0 Å². The summed E-state index contributed by atoms with van der Waals surface area (Å²) < 4.78 is 5.50. The molecule has 0 spiro atoms. The maximum absolute atomic E-state index is 12.3. The van der Waals surface area contributed by atoms with Gasteiger partial charge < -0.3 is 24.8 Å². The summed E-state index contributed by atoms with van der Waals surface area (Å²) in [7, 11) is 0. The molecule has 8 nitrogen and oxygen atoms in total. The van der Waals surface area contributed by atoms with E-state index in [2.05, 4.69) is 44.5 Å². The average molecular weight is 488 g/mol. The highest BCUT2D eigenvalue weighted by molar-refractivity contribution is 5.98. The summed E-state index contributed by atoms with van der Waals surface area (Å²) in [6.07, 6.45) is 2.35. The quantitative estimate of drug-likeness (QED) is 0.569. The minimum Gasteiger partial charge on any atom is -0.444 e. The number of nitrogens with zero attached hydrogens (tertiary/aromatic N) is 3. The van der Waals surface area contributed by atoms with Gasteiger partial charge in [0.05, 0.1) is 11.3 Å². The van der Waals surface area contributed by atoms with Crippen LogP contribution in [0.2, 0.25) is 0 Å². The van der Waals surface area contributed by atoms with Crippen LogP contribution >= 0.6 is 0 Å². The molecule has 36 heavy (non-hydrogen) atoms. The number of hydrogen-bond acceptors (Lipinski definition) is 5. The number of benzene rings is 1. The minimum atomic E-state index is -0.483. The van der Waals surface area contributed by atoms with Crippen LogP contribution < -0.4 is 10.2 Å². The lowest BCUT2D eigenvalue weighted by molar-refractivity contribution is 0.0240. The Morgan fingerprint density at radius 1 is 1.03 bits per heavy atom. The largest absolute Gasteiger partial charge is 0.444 e. The van der Waals surface area contributed by atoms with Gasteiger partial charge in [0.1, 0.15) is 5.60 Å². The smallest absolute Gasteiger partial charge is 0.410 e. The van der Waals surface area contributed by atoms with E-state index in [1.807, 2.05) is 45.9 Å². The summed E-state index contributed by atoms with van der Waals surface area (Å²) in [5.74, 6) is -0.0250. The second-order valence-corrected chi connectivity index (χ2v) is 10.6. The van der Waals surface area contributed by atoms with E-state index < -0.39 is 5.60 Å². The summed E-state index contributed by atoms with van der Waals surface area (Å²) >= 11 is 0. The predicted molar refractivity (Wildman–Crippen MR) is 140 cm³/mol. The molecule has 2 aliphatic heterocycles. The molecule has 0 aliphatic carbocycles. The molecule has 1 aromatic carbocycles. The molecule has 5 rings (SSSR count). The van der Waals surface area contributed by atoms with Crippen LogP contribution in [0.3, 0.4) is 0 Å². The van der Waals surface area contributed by atoms with E-state index in [4.69, 9.17) is 4.74 Å². The van der Waals surface area contributed by atoms with Gasteiger partial charge in [0, 0.05) is 73.0 Å². The number of carbonyl (C=O) groups is 2. The lowest BCUT2D eigenvalue weighted by Crippen LogP contribution is -2.50. The maximum atomic E-state index is 12.3. The highest BCUT2D eigenvalue weighted by Gasteiger charge is 2.26. The normalized spacial score (nSPS) is 18.0. The van der Waals surface area contributed by atoms with Crippen molar-refractivity contribution in [3.8, 4) is 22.5 Å². The molecule has 188 valence electrons. The summed E-state index contributed by atoms with van der Waals surface area (Å²) in [5, 5.41) is 2.99. The minimum absolute atomic E-state index is 0.0250. The Balaban J connectivity index is 1.27. The van der Waals surface area contributed by atoms with Gasteiger partial charge in [0.2, 0.25) is 0 Å². The maximum Gasteiger partial charge on any atom is 0.410 e. The highest BCUT2D eigenvalue weighted by Crippen LogP contribution is 2.29. The van der Waals surface area contributed by atoms with E-state index in [9.17, 15) is 9.59 Å². The summed E-state index contributed by atoms with van der Waals surface area (Å²) in [5.41, 5.74) is 6.16. The molecule has 8 heteroatoms. The van der Waals surface area contributed by atoms with Crippen LogP contribution in [0.1, 0.15) is 43.7 Å². The number of aromatic nitrogens is 2. The lowest BCUT2D eigenvalue weighted by Gasteiger charge is -2.36. The molecule has 1 fully saturated rings. The van der Waals surface area contributed by atoms with Crippen molar-refractivity contribution < 1.29 is 14.3 Å². The first-order valence-corrected chi connectivity index (χ1v) is 12.5. The fraction of sp³-hybridized carbons (Fsp3) is 0.393. The molecule has 1 atom stereocenters. The summed E-state index contributed by atoms with van der Waals surface area (Å²) in [6.45, 7) is 10.5. The van der Waals surface area contributed by atoms with Crippen molar-refractivity contribution in [2.75, 3.05) is 31.1 Å². The third kappa shape index (κ3) is 5.08. The van der Waals surface area contributed by atoms with Crippen molar-refractivity contribution >= 4 is 17.7 Å². The van der Waals surface area contributed by atoms with E-state index in [1.54, 1.807) is 11.1 Å². The number of pyridine rings is 1. The molecular weight excluding hydrogens is 454 g/mol. The molecule has 1 unspecified atom stereocenters. The first-order valence-electron chi connectivity index (χ1n) is 12.5. The number of aromatic amines is 1. The zero-order valence-electron chi connectivity index (χ0n) is 21.3. The van der Waals surface area contributed by atoms with Gasteiger partial charge in [-0.25, -0.2) is 4.79 Å². The van der Waals surface area contributed by atoms with Crippen molar-refractivity contribution in [3.63, 3.8) is 0 Å². The Morgan fingerprint density at radius 3 is 2.44 bits per heavy atom. The van der Waals surface area contributed by atoms with Crippen molar-refractivity contribution in [2.45, 2.75) is 45.8 Å². The molecule has 2 aromatic heterocycles. The van der Waals surface area contributed by atoms with Crippen LogP contribution in [-0.2, 0) is 11.2 Å². The monoisotopic (exact) mass is 487 g/mol. The zero-order valence-corrected chi connectivity index (χ0v) is 21.3. The van der Waals surface area contributed by atoms with Crippen LogP contribution in [-0.4, -0.2) is 64.7 Å². The second kappa shape index (κ2) is 9.33. The molecule has 2 N–H and O–H groups in total. The third-order valence-corrected chi connectivity index (χ3v) is 6.56. The van der Waals surface area contributed by atoms with Crippen LogP contribution in [0.5, 0.6) is 0 Å². The molecular formula is C28H33N5O3. The van der Waals surface area contributed by atoms with E-state index in [1.165, 1.54) is 0 Å². The van der Waals surface area contributed by atoms with Crippen LogP contribution in [0, 0.1) is 0 Å². The molecule has 2 aliphatic rings. The first-order chi connectivity index (χ1) is 17.2. The van der Waals surface area contributed by atoms with E-state index in [0.717, 1.165) is 59.0 Å². The predicted octanol–water partition coefficient (Wildman–Crippen LogP) is 4.48. The molecule has 3 aromatic rings. The molecule has 0 radical (unpaired) electrons. The third-order valence-electron chi connectivity index (χ3n) is 6.56. The number of carbonyl (C=O) groups excluding carboxylic acids is 2. The molecule has 4 heterocycles. The number of ether oxygens (including phenoxy) is 1. The van der Waals surface area contributed by atoms with Crippen LogP contribution in [0.25, 0.3) is 22.5 Å². The number of nitrogens with one attached hydrogen (secondary N) is 2. The number of amides is 2. The van der Waals surface area contributed by atoms with Gasteiger partial charge >= 0.3 is 6.09 Å². The van der Waals surface area contributed by atoms with E-state index in [-0.39, 0.29) is 18.0 Å². The number of rotatable bonds is 3. The van der Waals surface area contributed by atoms with Gasteiger partial charge in [-0.1, -0.05) is 12.1 Å². The topological polar surface area (TPSA) is 90.6 Å². The SMILES string of the molecule is CC1Cc2[nH]c(-c3ccnc(-c4ccc(N5CCN(C(=O)OC(C)(C)C)CC5)cc4)c3)cc2C(=O)N1. The second-order valence-electron chi connectivity index (χ2n) is 10.6. The average Bonchev–Trinajstić information content (AvgIpc) is 3.28. The molecule has 2 amide bonds. The Hall–Kier alpha value is -3.81. The number of fused-ring (bicyclic) bond motifs is 1.